The van der Waals surface area contributed by atoms with Crippen LogP contribution in [0.4, 0.5) is 24.8 Å². The third-order valence-electron chi connectivity index (χ3n) is 3.32. The molecular weight excluding hydrogens is 257 g/mol. The van der Waals surface area contributed by atoms with Gasteiger partial charge in [-0.15, -0.1) is 0 Å². The summed E-state index contributed by atoms with van der Waals surface area (Å²) in [4.78, 5) is 6.91. The first-order valence-corrected chi connectivity index (χ1v) is 6.37. The smallest absolute Gasteiger partial charge is 0.373 e. The van der Waals surface area contributed by atoms with E-state index >= 15 is 0 Å². The molecule has 1 aliphatic rings. The fourth-order valence-electron chi connectivity index (χ4n) is 1.98. The van der Waals surface area contributed by atoms with Crippen LogP contribution in [0, 0.1) is 5.92 Å². The van der Waals surface area contributed by atoms with E-state index in [9.17, 15) is 13.2 Å². The molecule has 4 nitrogen and oxygen atoms in total. The molecule has 7 heteroatoms. The summed E-state index contributed by atoms with van der Waals surface area (Å²) in [6.45, 7) is 0.641. The zero-order valence-corrected chi connectivity index (χ0v) is 10.7. The second-order valence-electron chi connectivity index (χ2n) is 4.72. The highest BCUT2D eigenvalue weighted by molar-refractivity contribution is 5.47. The Bertz CT molecular complexity index is 429. The average Bonchev–Trinajstić information content (AvgIpc) is 2.31. The number of nitrogens with one attached hydrogen (secondary N) is 2. The van der Waals surface area contributed by atoms with Crippen molar-refractivity contribution < 1.29 is 13.2 Å². The van der Waals surface area contributed by atoms with E-state index in [1.807, 2.05) is 0 Å². The summed E-state index contributed by atoms with van der Waals surface area (Å²) in [5, 5.41) is 5.55. The first-order chi connectivity index (χ1) is 8.99. The zero-order chi connectivity index (χ0) is 13.9. The highest BCUT2D eigenvalue weighted by Crippen LogP contribution is 2.30. The summed E-state index contributed by atoms with van der Waals surface area (Å²) in [5.41, 5.74) is 0. The van der Waals surface area contributed by atoms with Gasteiger partial charge >= 0.3 is 6.18 Å². The lowest BCUT2D eigenvalue weighted by atomic mass is 9.83. The number of rotatable bonds is 5. The Kier molecular flexibility index (Phi) is 4.11. The van der Waals surface area contributed by atoms with Crippen LogP contribution in [0.3, 0.4) is 0 Å². The topological polar surface area (TPSA) is 49.8 Å². The van der Waals surface area contributed by atoms with Crippen molar-refractivity contribution in [1.29, 1.82) is 0 Å². The number of halogens is 3. The Morgan fingerprint density at radius 3 is 2.47 bits per heavy atom. The molecule has 0 spiro atoms. The van der Waals surface area contributed by atoms with Crippen molar-refractivity contribution in [3.63, 3.8) is 0 Å². The molecule has 0 atom stereocenters. The lowest BCUT2D eigenvalue weighted by Gasteiger charge is -2.25. The highest BCUT2D eigenvalue weighted by Gasteiger charge is 2.35. The molecule has 1 fully saturated rings. The fraction of sp³-hybridized carbons (Fsp3) is 0.667. The summed E-state index contributed by atoms with van der Waals surface area (Å²) >= 11 is 0. The van der Waals surface area contributed by atoms with Gasteiger partial charge < -0.3 is 10.6 Å². The number of alkyl halides is 3. The van der Waals surface area contributed by atoms with Gasteiger partial charge in [-0.2, -0.15) is 13.2 Å². The monoisotopic (exact) mass is 274 g/mol. The molecule has 0 aliphatic heterocycles. The fourth-order valence-corrected chi connectivity index (χ4v) is 1.98. The largest absolute Gasteiger partial charge is 0.451 e. The lowest BCUT2D eigenvalue weighted by molar-refractivity contribution is -0.144. The molecule has 1 aliphatic carbocycles. The number of aromatic nitrogens is 2. The van der Waals surface area contributed by atoms with E-state index in [-0.39, 0.29) is 11.6 Å². The van der Waals surface area contributed by atoms with Gasteiger partial charge in [0.1, 0.15) is 11.6 Å². The number of hydrogen-bond acceptors (Lipinski definition) is 4. The van der Waals surface area contributed by atoms with Crippen LogP contribution in [0.2, 0.25) is 0 Å². The van der Waals surface area contributed by atoms with E-state index in [4.69, 9.17) is 0 Å². The summed E-state index contributed by atoms with van der Waals surface area (Å²) in [6.07, 6.45) is 0.153. The van der Waals surface area contributed by atoms with Gasteiger partial charge in [0.15, 0.2) is 0 Å². The average molecular weight is 274 g/mol. The summed E-state index contributed by atoms with van der Waals surface area (Å²) in [5.74, 6) is -0.0369. The predicted molar refractivity (Wildman–Crippen MR) is 67.0 cm³/mol. The zero-order valence-electron chi connectivity index (χ0n) is 10.7. The van der Waals surface area contributed by atoms with Crippen molar-refractivity contribution in [1.82, 2.24) is 9.97 Å². The molecule has 0 amide bonds. The van der Waals surface area contributed by atoms with Gasteiger partial charge in [-0.25, -0.2) is 9.97 Å². The van der Waals surface area contributed by atoms with Gasteiger partial charge in [0.05, 0.1) is 0 Å². The van der Waals surface area contributed by atoms with Crippen molar-refractivity contribution in [2.75, 3.05) is 24.2 Å². The van der Waals surface area contributed by atoms with E-state index in [1.54, 1.807) is 0 Å². The molecule has 0 bridgehead atoms. The van der Waals surface area contributed by atoms with Crippen molar-refractivity contribution >= 4 is 11.6 Å². The molecule has 2 rings (SSSR count). The molecule has 0 unspecified atom stereocenters. The molecule has 1 saturated carbocycles. The molecule has 0 aromatic carbocycles. The van der Waals surface area contributed by atoms with Crippen LogP contribution in [0.15, 0.2) is 6.07 Å². The maximum absolute atomic E-state index is 12.6. The Morgan fingerprint density at radius 2 is 1.95 bits per heavy atom. The summed E-state index contributed by atoms with van der Waals surface area (Å²) < 4.78 is 37.9. The summed E-state index contributed by atoms with van der Waals surface area (Å²) in [7, 11) is 1.53. The van der Waals surface area contributed by atoms with Crippen LogP contribution in [-0.2, 0) is 6.18 Å². The molecule has 1 heterocycles. The number of anilines is 2. The van der Waals surface area contributed by atoms with Crippen molar-refractivity contribution in [3.8, 4) is 0 Å². The highest BCUT2D eigenvalue weighted by atomic mass is 19.4. The van der Waals surface area contributed by atoms with Gasteiger partial charge in [-0.3, -0.25) is 0 Å². The van der Waals surface area contributed by atoms with Crippen molar-refractivity contribution in [2.45, 2.75) is 31.9 Å². The lowest BCUT2D eigenvalue weighted by Crippen LogP contribution is -2.18. The minimum absolute atomic E-state index is 0.161. The molecular formula is C12H17F3N4. The molecule has 0 radical (unpaired) electrons. The van der Waals surface area contributed by atoms with Crippen LogP contribution in [-0.4, -0.2) is 23.6 Å². The van der Waals surface area contributed by atoms with E-state index in [2.05, 4.69) is 20.6 Å². The normalized spacial score (nSPS) is 16.0. The first kappa shape index (κ1) is 13.9. The van der Waals surface area contributed by atoms with Gasteiger partial charge in [0.2, 0.25) is 5.82 Å². The van der Waals surface area contributed by atoms with Gasteiger partial charge in [0, 0.05) is 19.7 Å². The van der Waals surface area contributed by atoms with E-state index in [0.717, 1.165) is 6.42 Å². The quantitative estimate of drug-likeness (QED) is 0.866. The Morgan fingerprint density at radius 1 is 1.26 bits per heavy atom. The molecule has 1 aromatic heterocycles. The number of hydrogen-bond donors (Lipinski definition) is 2. The molecule has 106 valence electrons. The van der Waals surface area contributed by atoms with Gasteiger partial charge in [0.25, 0.3) is 0 Å². The molecule has 2 N–H and O–H groups in total. The van der Waals surface area contributed by atoms with Crippen LogP contribution in [0.1, 0.15) is 31.5 Å². The van der Waals surface area contributed by atoms with Crippen LogP contribution < -0.4 is 10.6 Å². The Hall–Kier alpha value is -1.53. The third-order valence-corrected chi connectivity index (χ3v) is 3.32. The van der Waals surface area contributed by atoms with Gasteiger partial charge in [-0.1, -0.05) is 19.3 Å². The minimum Gasteiger partial charge on any atom is -0.373 e. The van der Waals surface area contributed by atoms with E-state index in [1.165, 1.54) is 32.4 Å². The maximum atomic E-state index is 12.6. The SMILES string of the molecule is CNc1cc(NCCC2CCC2)nc(C(F)(F)F)n1. The Labute approximate surface area is 109 Å². The van der Waals surface area contributed by atoms with Crippen LogP contribution in [0.25, 0.3) is 0 Å². The first-order valence-electron chi connectivity index (χ1n) is 6.37. The standard InChI is InChI=1S/C12H17F3N4/c1-16-9-7-10(17-6-5-8-3-2-4-8)19-11(18-9)12(13,14)15/h7-8H,2-6H2,1H3,(H2,16,17,18,19). The van der Waals surface area contributed by atoms with E-state index < -0.39 is 12.0 Å². The second kappa shape index (κ2) is 5.63. The van der Waals surface area contributed by atoms with Crippen molar-refractivity contribution in [2.24, 2.45) is 5.92 Å². The van der Waals surface area contributed by atoms with Crippen molar-refractivity contribution in [3.05, 3.63) is 11.9 Å². The second-order valence-corrected chi connectivity index (χ2v) is 4.72. The summed E-state index contributed by atoms with van der Waals surface area (Å²) in [6, 6.07) is 1.48. The van der Waals surface area contributed by atoms with Gasteiger partial charge in [-0.05, 0) is 12.3 Å². The molecule has 0 saturated heterocycles. The minimum atomic E-state index is -4.53. The maximum Gasteiger partial charge on any atom is 0.451 e. The van der Waals surface area contributed by atoms with E-state index in [0.29, 0.717) is 12.5 Å². The van der Waals surface area contributed by atoms with Crippen LogP contribution in [0.5, 0.6) is 0 Å². The predicted octanol–water partition coefficient (Wildman–Crippen LogP) is 3.14. The van der Waals surface area contributed by atoms with Crippen LogP contribution >= 0.6 is 0 Å². The number of nitrogens with zero attached hydrogens (tertiary/aromatic N) is 2. The molecule has 19 heavy (non-hydrogen) atoms. The third kappa shape index (κ3) is 3.71. The Balaban J connectivity index is 2.01. The molecule has 1 aromatic rings.